The van der Waals surface area contributed by atoms with Gasteiger partial charge in [0, 0.05) is 17.6 Å². The fraction of sp³-hybridized carbons (Fsp3) is 0.368. The lowest BCUT2D eigenvalue weighted by atomic mass is 9.82. The molecule has 3 rings (SSSR count). The number of benzene rings is 2. The molecule has 1 fully saturated rings. The molecular weight excluding hydrogens is 388 g/mol. The molecule has 0 saturated carbocycles. The molecule has 2 aromatic carbocycles. The summed E-state index contributed by atoms with van der Waals surface area (Å²) in [5.74, 6) is 0. The van der Waals surface area contributed by atoms with Crippen LogP contribution in [0, 0.1) is 0 Å². The second kappa shape index (κ2) is 8.45. The van der Waals surface area contributed by atoms with E-state index in [1.165, 1.54) is 11.1 Å². The van der Waals surface area contributed by atoms with E-state index in [4.69, 9.17) is 16.2 Å². The molecule has 1 heterocycles. The number of piperidine rings is 1. The van der Waals surface area contributed by atoms with Crippen LogP contribution in [-0.2, 0) is 16.4 Å². The van der Waals surface area contributed by atoms with Crippen molar-refractivity contribution in [2.45, 2.75) is 24.9 Å². The second-order valence-corrected chi connectivity index (χ2v) is 7.46. The van der Waals surface area contributed by atoms with Crippen LogP contribution in [-0.4, -0.2) is 24.7 Å². The molecule has 1 atom stereocenters. The monoisotopic (exact) mass is 408 g/mol. The number of halogens is 2. The van der Waals surface area contributed by atoms with Gasteiger partial charge in [0.15, 0.2) is 0 Å². The molecule has 24 heavy (non-hydrogen) atoms. The van der Waals surface area contributed by atoms with Crippen LogP contribution in [0.1, 0.15) is 24.0 Å². The summed E-state index contributed by atoms with van der Waals surface area (Å²) < 4.78 is 5.90. The molecule has 0 bridgehead atoms. The number of nitrogens with one attached hydrogen (secondary N) is 1. The first-order chi connectivity index (χ1) is 11.7. The van der Waals surface area contributed by atoms with Gasteiger partial charge in [-0.25, -0.2) is 0 Å². The molecule has 5 heteroatoms. The predicted molar refractivity (Wildman–Crippen MR) is 102 cm³/mol. The molecule has 0 amide bonds. The fourth-order valence-electron chi connectivity index (χ4n) is 3.55. The van der Waals surface area contributed by atoms with Crippen molar-refractivity contribution in [1.29, 1.82) is 0 Å². The van der Waals surface area contributed by atoms with Gasteiger partial charge < -0.3 is 0 Å². The SMILES string of the molecule is ClOCNC1(c2cccc(Br)c2)CCCN(Cc2ccccc2)C1. The molecule has 3 nitrogen and oxygen atoms in total. The van der Waals surface area contributed by atoms with Crippen molar-refractivity contribution in [3.8, 4) is 0 Å². The van der Waals surface area contributed by atoms with Crippen LogP contribution in [0.3, 0.4) is 0 Å². The molecule has 2 aromatic rings. The van der Waals surface area contributed by atoms with Crippen molar-refractivity contribution >= 4 is 27.8 Å². The highest BCUT2D eigenvalue weighted by Gasteiger charge is 2.36. The number of nitrogens with zero attached hydrogens (tertiary/aromatic N) is 1. The van der Waals surface area contributed by atoms with E-state index in [-0.39, 0.29) is 5.54 Å². The average molecular weight is 410 g/mol. The van der Waals surface area contributed by atoms with E-state index in [1.807, 2.05) is 0 Å². The molecule has 1 aliphatic rings. The standard InChI is InChI=1S/C19H22BrClN2O/c20-18-9-4-8-17(12-18)19(22-15-24-21)10-5-11-23(14-19)13-16-6-2-1-3-7-16/h1-4,6-9,12,22H,5,10-11,13-15H2. The van der Waals surface area contributed by atoms with Crippen molar-refractivity contribution in [3.63, 3.8) is 0 Å². The first kappa shape index (κ1) is 17.9. The van der Waals surface area contributed by atoms with Gasteiger partial charge in [0.25, 0.3) is 0 Å². The van der Waals surface area contributed by atoms with Crippen LogP contribution in [0.5, 0.6) is 0 Å². The largest absolute Gasteiger partial charge is 0.297 e. The Hall–Kier alpha value is -0.910. The molecule has 1 saturated heterocycles. The lowest BCUT2D eigenvalue weighted by Crippen LogP contribution is -2.54. The summed E-state index contributed by atoms with van der Waals surface area (Å²) in [5, 5.41) is 3.53. The van der Waals surface area contributed by atoms with Gasteiger partial charge in [-0.1, -0.05) is 58.4 Å². The maximum absolute atomic E-state index is 5.48. The predicted octanol–water partition coefficient (Wildman–Crippen LogP) is 4.66. The number of rotatable bonds is 6. The summed E-state index contributed by atoms with van der Waals surface area (Å²) >= 11 is 9.07. The van der Waals surface area contributed by atoms with Crippen LogP contribution in [0.2, 0.25) is 0 Å². The van der Waals surface area contributed by atoms with Crippen molar-refractivity contribution < 1.29 is 4.29 Å². The molecule has 0 aromatic heterocycles. The highest BCUT2D eigenvalue weighted by Crippen LogP contribution is 2.33. The third-order valence-corrected chi connectivity index (χ3v) is 5.27. The van der Waals surface area contributed by atoms with Gasteiger partial charge in [0.2, 0.25) is 0 Å². The maximum atomic E-state index is 5.48. The summed E-state index contributed by atoms with van der Waals surface area (Å²) in [7, 11) is 0. The van der Waals surface area contributed by atoms with Crippen molar-refractivity contribution in [2.24, 2.45) is 0 Å². The lowest BCUT2D eigenvalue weighted by molar-refractivity contribution is 0.0939. The molecule has 0 radical (unpaired) electrons. The minimum atomic E-state index is -0.147. The van der Waals surface area contributed by atoms with E-state index >= 15 is 0 Å². The summed E-state index contributed by atoms with van der Waals surface area (Å²) in [5.41, 5.74) is 2.46. The molecule has 128 valence electrons. The smallest absolute Gasteiger partial charge is 0.119 e. The lowest BCUT2D eigenvalue weighted by Gasteiger charge is -2.44. The molecule has 1 N–H and O–H groups in total. The summed E-state index contributed by atoms with van der Waals surface area (Å²) in [6, 6.07) is 19.1. The minimum absolute atomic E-state index is 0.147. The van der Waals surface area contributed by atoms with Crippen LogP contribution in [0.4, 0.5) is 0 Å². The summed E-state index contributed by atoms with van der Waals surface area (Å²) in [6.07, 6.45) is 2.20. The first-order valence-corrected chi connectivity index (χ1v) is 9.33. The van der Waals surface area contributed by atoms with E-state index < -0.39 is 0 Å². The van der Waals surface area contributed by atoms with E-state index in [2.05, 4.69) is 80.7 Å². The molecule has 1 unspecified atom stereocenters. The molecule has 0 spiro atoms. The van der Waals surface area contributed by atoms with E-state index in [9.17, 15) is 0 Å². The van der Waals surface area contributed by atoms with Gasteiger partial charge >= 0.3 is 0 Å². The Morgan fingerprint density at radius 1 is 1.17 bits per heavy atom. The van der Waals surface area contributed by atoms with Crippen LogP contribution < -0.4 is 5.32 Å². The Bertz CT molecular complexity index is 655. The molecule has 1 aliphatic heterocycles. The van der Waals surface area contributed by atoms with Crippen LogP contribution in [0.25, 0.3) is 0 Å². The van der Waals surface area contributed by atoms with Crippen molar-refractivity contribution in [2.75, 3.05) is 19.8 Å². The molecular formula is C19H22BrClN2O. The quantitative estimate of drug-likeness (QED) is 0.702. The molecule has 0 aliphatic carbocycles. The van der Waals surface area contributed by atoms with Gasteiger partial charge in [-0.3, -0.25) is 14.5 Å². The zero-order chi connectivity index (χ0) is 16.8. The Morgan fingerprint density at radius 3 is 2.75 bits per heavy atom. The Balaban J connectivity index is 1.82. The average Bonchev–Trinajstić information content (AvgIpc) is 2.61. The van der Waals surface area contributed by atoms with Crippen molar-refractivity contribution in [1.82, 2.24) is 10.2 Å². The Labute approximate surface area is 157 Å². The van der Waals surface area contributed by atoms with Gasteiger partial charge in [0.1, 0.15) is 6.73 Å². The Morgan fingerprint density at radius 2 is 2.00 bits per heavy atom. The number of hydrogen-bond donors (Lipinski definition) is 1. The van der Waals surface area contributed by atoms with Gasteiger partial charge in [0.05, 0.1) is 17.4 Å². The summed E-state index contributed by atoms with van der Waals surface area (Å²) in [4.78, 5) is 2.50. The van der Waals surface area contributed by atoms with Crippen LogP contribution in [0.15, 0.2) is 59.1 Å². The van der Waals surface area contributed by atoms with E-state index in [1.54, 1.807) is 0 Å². The zero-order valence-corrected chi connectivity index (χ0v) is 15.9. The van der Waals surface area contributed by atoms with E-state index in [0.717, 1.165) is 36.9 Å². The minimum Gasteiger partial charge on any atom is -0.297 e. The number of likely N-dealkylation sites (tertiary alicyclic amines) is 1. The second-order valence-electron chi connectivity index (χ2n) is 6.32. The highest BCUT2D eigenvalue weighted by molar-refractivity contribution is 9.10. The van der Waals surface area contributed by atoms with Gasteiger partial charge in [-0.2, -0.15) is 0 Å². The van der Waals surface area contributed by atoms with Crippen molar-refractivity contribution in [3.05, 3.63) is 70.2 Å². The first-order valence-electron chi connectivity index (χ1n) is 8.23. The topological polar surface area (TPSA) is 24.5 Å². The third kappa shape index (κ3) is 4.38. The zero-order valence-electron chi connectivity index (χ0n) is 13.6. The van der Waals surface area contributed by atoms with Gasteiger partial charge in [-0.05, 0) is 42.6 Å². The van der Waals surface area contributed by atoms with E-state index in [0.29, 0.717) is 6.73 Å². The third-order valence-electron chi connectivity index (χ3n) is 4.66. The van der Waals surface area contributed by atoms with Crippen LogP contribution >= 0.6 is 27.8 Å². The Kier molecular flexibility index (Phi) is 6.31. The number of hydrogen-bond acceptors (Lipinski definition) is 3. The van der Waals surface area contributed by atoms with Gasteiger partial charge in [-0.15, -0.1) is 0 Å². The highest BCUT2D eigenvalue weighted by atomic mass is 79.9. The fourth-order valence-corrected chi connectivity index (χ4v) is 4.01. The maximum Gasteiger partial charge on any atom is 0.119 e. The summed E-state index contributed by atoms with van der Waals surface area (Å²) in [6.45, 7) is 3.32. The normalized spacial score (nSPS) is 21.8.